The Morgan fingerprint density at radius 1 is 1.71 bits per heavy atom. The van der Waals surface area contributed by atoms with Gasteiger partial charge in [0.2, 0.25) is 0 Å². The number of aliphatic hydroxyl groups is 1. The Morgan fingerprint density at radius 3 is 2.86 bits per heavy atom. The number of nitriles is 1. The monoisotopic (exact) mass is 229 g/mol. The molecule has 0 aliphatic rings. The average molecular weight is 230 g/mol. The second kappa shape index (κ2) is 5.35. The van der Waals surface area contributed by atoms with E-state index in [4.69, 9.17) is 16.9 Å². The van der Waals surface area contributed by atoms with E-state index >= 15 is 0 Å². The standard InChI is InChI=1S/C10H12ClNOS/c1-2-3-7(5-12)10(13)9-4-8(11)6-14-9/h4,6-7,10,13H,2-3H2,1H3. The van der Waals surface area contributed by atoms with Gasteiger partial charge in [0.25, 0.3) is 0 Å². The molecule has 1 rings (SSSR count). The first-order valence-electron chi connectivity index (χ1n) is 4.50. The highest BCUT2D eigenvalue weighted by atomic mass is 35.5. The number of thiophene rings is 1. The highest BCUT2D eigenvalue weighted by molar-refractivity contribution is 7.10. The minimum absolute atomic E-state index is 0.324. The third kappa shape index (κ3) is 2.71. The van der Waals surface area contributed by atoms with Gasteiger partial charge in [0.15, 0.2) is 0 Å². The molecule has 1 heterocycles. The zero-order valence-electron chi connectivity index (χ0n) is 7.90. The van der Waals surface area contributed by atoms with Gasteiger partial charge in [0, 0.05) is 10.3 Å². The van der Waals surface area contributed by atoms with Crippen LogP contribution in [0.15, 0.2) is 11.4 Å². The van der Waals surface area contributed by atoms with E-state index in [1.807, 2.05) is 6.92 Å². The van der Waals surface area contributed by atoms with Crippen molar-refractivity contribution in [3.8, 4) is 6.07 Å². The number of halogens is 1. The number of hydrogen-bond acceptors (Lipinski definition) is 3. The maximum absolute atomic E-state index is 9.85. The Hall–Kier alpha value is -0.560. The van der Waals surface area contributed by atoms with E-state index in [-0.39, 0.29) is 5.92 Å². The van der Waals surface area contributed by atoms with Crippen LogP contribution in [0.2, 0.25) is 5.02 Å². The molecule has 1 aromatic heterocycles. The number of hydrogen-bond donors (Lipinski definition) is 1. The molecule has 0 aliphatic heterocycles. The summed E-state index contributed by atoms with van der Waals surface area (Å²) in [6.45, 7) is 2.00. The molecule has 2 atom stereocenters. The fourth-order valence-corrected chi connectivity index (χ4v) is 2.42. The van der Waals surface area contributed by atoms with Crippen LogP contribution in [0, 0.1) is 17.2 Å². The predicted octanol–water partition coefficient (Wildman–Crippen LogP) is 3.37. The normalized spacial score (nSPS) is 14.7. The lowest BCUT2D eigenvalue weighted by Gasteiger charge is -2.13. The van der Waals surface area contributed by atoms with Gasteiger partial charge in [-0.1, -0.05) is 24.9 Å². The van der Waals surface area contributed by atoms with Gasteiger partial charge in [-0.05, 0) is 12.5 Å². The number of aliphatic hydroxyl groups excluding tert-OH is 1. The van der Waals surface area contributed by atoms with Crippen LogP contribution in [0.5, 0.6) is 0 Å². The highest BCUT2D eigenvalue weighted by Crippen LogP contribution is 2.31. The van der Waals surface area contributed by atoms with Crippen LogP contribution in [0.4, 0.5) is 0 Å². The summed E-state index contributed by atoms with van der Waals surface area (Å²) >= 11 is 7.14. The van der Waals surface area contributed by atoms with Gasteiger partial charge in [-0.3, -0.25) is 0 Å². The lowest BCUT2D eigenvalue weighted by atomic mass is 9.98. The van der Waals surface area contributed by atoms with Crippen molar-refractivity contribution in [2.75, 3.05) is 0 Å². The summed E-state index contributed by atoms with van der Waals surface area (Å²) in [6, 6.07) is 3.84. The van der Waals surface area contributed by atoms with Crippen molar-refractivity contribution in [1.29, 1.82) is 5.26 Å². The van der Waals surface area contributed by atoms with Gasteiger partial charge >= 0.3 is 0 Å². The Balaban J connectivity index is 2.73. The molecule has 2 nitrogen and oxygen atoms in total. The van der Waals surface area contributed by atoms with Gasteiger partial charge in [-0.25, -0.2) is 0 Å². The molecule has 4 heteroatoms. The molecule has 14 heavy (non-hydrogen) atoms. The van der Waals surface area contributed by atoms with E-state index in [0.29, 0.717) is 11.4 Å². The molecule has 1 N–H and O–H groups in total. The fourth-order valence-electron chi connectivity index (χ4n) is 1.29. The topological polar surface area (TPSA) is 44.0 Å². The SMILES string of the molecule is CCCC(C#N)C(O)c1cc(Cl)cs1. The average Bonchev–Trinajstić information content (AvgIpc) is 2.60. The van der Waals surface area contributed by atoms with Crippen LogP contribution in [-0.4, -0.2) is 5.11 Å². The second-order valence-corrected chi connectivity index (χ2v) is 4.52. The summed E-state index contributed by atoms with van der Waals surface area (Å²) in [5.74, 6) is -0.324. The van der Waals surface area contributed by atoms with Gasteiger partial charge in [0.05, 0.1) is 17.0 Å². The Kier molecular flexibility index (Phi) is 4.40. The van der Waals surface area contributed by atoms with E-state index in [2.05, 4.69) is 6.07 Å². The zero-order chi connectivity index (χ0) is 10.6. The molecule has 76 valence electrons. The summed E-state index contributed by atoms with van der Waals surface area (Å²) in [5.41, 5.74) is 0. The van der Waals surface area contributed by atoms with Crippen LogP contribution in [0.1, 0.15) is 30.7 Å². The summed E-state index contributed by atoms with van der Waals surface area (Å²) in [6.07, 6.45) is 0.916. The summed E-state index contributed by atoms with van der Waals surface area (Å²) in [4.78, 5) is 0.773. The quantitative estimate of drug-likeness (QED) is 0.860. The van der Waals surface area contributed by atoms with Gasteiger partial charge < -0.3 is 5.11 Å². The minimum Gasteiger partial charge on any atom is -0.386 e. The lowest BCUT2D eigenvalue weighted by molar-refractivity contribution is 0.133. The molecule has 0 aliphatic carbocycles. The predicted molar refractivity (Wildman–Crippen MR) is 58.3 cm³/mol. The maximum Gasteiger partial charge on any atom is 0.104 e. The number of rotatable bonds is 4. The molecule has 0 saturated carbocycles. The van der Waals surface area contributed by atoms with Crippen LogP contribution in [0.25, 0.3) is 0 Å². The van der Waals surface area contributed by atoms with Crippen molar-refractivity contribution in [3.63, 3.8) is 0 Å². The van der Waals surface area contributed by atoms with Crippen LogP contribution >= 0.6 is 22.9 Å². The minimum atomic E-state index is -0.697. The number of nitrogens with zero attached hydrogens (tertiary/aromatic N) is 1. The first-order valence-corrected chi connectivity index (χ1v) is 5.76. The Morgan fingerprint density at radius 2 is 2.43 bits per heavy atom. The summed E-state index contributed by atoms with van der Waals surface area (Å²) in [7, 11) is 0. The third-order valence-corrected chi connectivity index (χ3v) is 3.38. The molecule has 0 amide bonds. The van der Waals surface area contributed by atoms with Crippen LogP contribution < -0.4 is 0 Å². The van der Waals surface area contributed by atoms with Crippen LogP contribution in [-0.2, 0) is 0 Å². The van der Waals surface area contributed by atoms with Crippen LogP contribution in [0.3, 0.4) is 0 Å². The van der Waals surface area contributed by atoms with E-state index in [0.717, 1.165) is 11.3 Å². The molecule has 2 unspecified atom stereocenters. The molecule has 0 bridgehead atoms. The molecule has 0 saturated heterocycles. The largest absolute Gasteiger partial charge is 0.386 e. The van der Waals surface area contributed by atoms with Crippen molar-refractivity contribution >= 4 is 22.9 Å². The molecule has 0 spiro atoms. The van der Waals surface area contributed by atoms with Crippen molar-refractivity contribution in [2.24, 2.45) is 5.92 Å². The summed E-state index contributed by atoms with van der Waals surface area (Å²) in [5, 5.41) is 21.1. The third-order valence-electron chi connectivity index (χ3n) is 2.03. The fraction of sp³-hybridized carbons (Fsp3) is 0.500. The van der Waals surface area contributed by atoms with E-state index in [1.54, 1.807) is 11.4 Å². The van der Waals surface area contributed by atoms with Crippen molar-refractivity contribution < 1.29 is 5.11 Å². The van der Waals surface area contributed by atoms with Gasteiger partial charge in [-0.15, -0.1) is 11.3 Å². The Bertz CT molecular complexity index is 331. The summed E-state index contributed by atoms with van der Waals surface area (Å²) < 4.78 is 0. The molecule has 0 fully saturated rings. The molecular weight excluding hydrogens is 218 g/mol. The maximum atomic E-state index is 9.85. The van der Waals surface area contributed by atoms with E-state index in [1.165, 1.54) is 11.3 Å². The Labute approximate surface area is 92.8 Å². The van der Waals surface area contributed by atoms with Crippen molar-refractivity contribution in [1.82, 2.24) is 0 Å². The van der Waals surface area contributed by atoms with Gasteiger partial charge in [0.1, 0.15) is 6.10 Å². The van der Waals surface area contributed by atoms with Crippen molar-refractivity contribution in [2.45, 2.75) is 25.9 Å². The van der Waals surface area contributed by atoms with Gasteiger partial charge in [-0.2, -0.15) is 5.26 Å². The lowest BCUT2D eigenvalue weighted by Crippen LogP contribution is -2.09. The smallest absolute Gasteiger partial charge is 0.104 e. The molecular formula is C10H12ClNOS. The molecule has 0 radical (unpaired) electrons. The van der Waals surface area contributed by atoms with E-state index in [9.17, 15) is 5.11 Å². The highest BCUT2D eigenvalue weighted by Gasteiger charge is 2.21. The first kappa shape index (κ1) is 11.5. The second-order valence-electron chi connectivity index (χ2n) is 3.14. The molecule has 1 aromatic rings. The zero-order valence-corrected chi connectivity index (χ0v) is 9.48. The first-order chi connectivity index (χ1) is 6.69. The molecule has 0 aromatic carbocycles. The van der Waals surface area contributed by atoms with Crippen molar-refractivity contribution in [3.05, 3.63) is 21.3 Å². The van der Waals surface area contributed by atoms with E-state index < -0.39 is 6.10 Å².